The van der Waals surface area contributed by atoms with Crippen molar-refractivity contribution in [2.75, 3.05) is 0 Å². The first-order valence-electron chi connectivity index (χ1n) is 12.7. The Morgan fingerprint density at radius 1 is 0.774 bits per heavy atom. The molecule has 1 N–H and O–H groups in total. The largest absolute Gasteiger partial charge is 0.472 e. The lowest BCUT2D eigenvalue weighted by Crippen LogP contribution is -2.27. The van der Waals surface area contributed by atoms with Crippen molar-refractivity contribution in [3.8, 4) is 5.75 Å². The first kappa shape index (κ1) is 28.0. The smallest absolute Gasteiger partial charge is 0.303 e. The zero-order chi connectivity index (χ0) is 23.0. The van der Waals surface area contributed by atoms with Gasteiger partial charge in [0.2, 0.25) is 5.44 Å². The summed E-state index contributed by atoms with van der Waals surface area (Å²) < 4.78 is 39.1. The molecule has 0 radical (unpaired) electrons. The predicted molar refractivity (Wildman–Crippen MR) is 131 cm³/mol. The van der Waals surface area contributed by atoms with Crippen LogP contribution in [-0.2, 0) is 23.0 Å². The first-order chi connectivity index (χ1) is 14.9. The minimum absolute atomic E-state index is 0.289. The van der Waals surface area contributed by atoms with E-state index >= 15 is 0 Å². The molecule has 0 saturated carbocycles. The fourth-order valence-electron chi connectivity index (χ4n) is 3.92. The van der Waals surface area contributed by atoms with E-state index in [0.29, 0.717) is 12.2 Å². The number of unbranched alkanes of at least 4 members (excludes halogenated alkanes) is 10. The van der Waals surface area contributed by atoms with Gasteiger partial charge >= 0.3 is 10.1 Å². The van der Waals surface area contributed by atoms with E-state index in [4.69, 9.17) is 4.74 Å². The van der Waals surface area contributed by atoms with E-state index in [2.05, 4.69) is 26.0 Å². The third-order valence-electron chi connectivity index (χ3n) is 5.87. The second-order valence-corrected chi connectivity index (χ2v) is 10.4. The molecule has 0 saturated heterocycles. The van der Waals surface area contributed by atoms with E-state index in [1.54, 1.807) is 0 Å². The molecule has 1 aromatic rings. The number of hydrogen-bond donors (Lipinski definition) is 1. The summed E-state index contributed by atoms with van der Waals surface area (Å²) in [6, 6.07) is 6.26. The van der Waals surface area contributed by atoms with E-state index in [9.17, 15) is 13.0 Å². The van der Waals surface area contributed by atoms with Gasteiger partial charge in [-0.2, -0.15) is 8.42 Å². The van der Waals surface area contributed by atoms with Crippen molar-refractivity contribution in [1.29, 1.82) is 0 Å². The van der Waals surface area contributed by atoms with Crippen molar-refractivity contribution in [2.45, 2.75) is 129 Å². The summed E-state index contributed by atoms with van der Waals surface area (Å²) in [5.41, 5.74) is 1.04. The lowest BCUT2D eigenvalue weighted by atomic mass is 10.00. The molecule has 0 fully saturated rings. The minimum atomic E-state index is -4.24. The quantitative estimate of drug-likeness (QED) is 0.170. The fraction of sp³-hybridized carbons (Fsp3) is 0.769. The van der Waals surface area contributed by atoms with Crippen LogP contribution < -0.4 is 4.74 Å². The van der Waals surface area contributed by atoms with Crippen LogP contribution in [-0.4, -0.2) is 18.4 Å². The van der Waals surface area contributed by atoms with Crippen LogP contribution in [0.2, 0.25) is 0 Å². The molecular formula is C26H46O4S. The Morgan fingerprint density at radius 2 is 1.32 bits per heavy atom. The average Bonchev–Trinajstić information content (AvgIpc) is 2.73. The van der Waals surface area contributed by atoms with Crippen LogP contribution in [0.15, 0.2) is 18.2 Å². The predicted octanol–water partition coefficient (Wildman–Crippen LogP) is 7.89. The zero-order valence-corrected chi connectivity index (χ0v) is 21.0. The van der Waals surface area contributed by atoms with Crippen molar-refractivity contribution in [3.05, 3.63) is 29.3 Å². The molecule has 1 atom stereocenters. The van der Waals surface area contributed by atoms with Gasteiger partial charge in [0, 0.05) is 6.42 Å². The van der Waals surface area contributed by atoms with Gasteiger partial charge in [0.05, 0.1) is 0 Å². The molecule has 5 heteroatoms. The Balaban J connectivity index is 2.79. The number of benzene rings is 1. The molecule has 0 spiro atoms. The molecule has 1 aromatic carbocycles. The average molecular weight is 455 g/mol. The highest BCUT2D eigenvalue weighted by Crippen LogP contribution is 2.27. The summed E-state index contributed by atoms with van der Waals surface area (Å²) in [5.74, 6) is 0.633. The maximum absolute atomic E-state index is 11.8. The van der Waals surface area contributed by atoms with Crippen LogP contribution in [0.4, 0.5) is 0 Å². The van der Waals surface area contributed by atoms with Gasteiger partial charge in [-0.1, -0.05) is 104 Å². The molecule has 180 valence electrons. The van der Waals surface area contributed by atoms with Crippen molar-refractivity contribution in [2.24, 2.45) is 0 Å². The van der Waals surface area contributed by atoms with Gasteiger partial charge in [-0.05, 0) is 42.9 Å². The molecule has 0 bridgehead atoms. The molecule has 0 aromatic heterocycles. The van der Waals surface area contributed by atoms with Gasteiger partial charge in [0.1, 0.15) is 5.75 Å². The molecular weight excluding hydrogens is 408 g/mol. The highest BCUT2D eigenvalue weighted by Gasteiger charge is 2.25. The monoisotopic (exact) mass is 454 g/mol. The number of hydrogen-bond acceptors (Lipinski definition) is 3. The molecule has 31 heavy (non-hydrogen) atoms. The SMILES string of the molecule is CCCCCCCCc1ccc(CCCCCCCC)c(OC(CCC)S(=O)(=O)O)c1. The lowest BCUT2D eigenvalue weighted by Gasteiger charge is -2.19. The zero-order valence-electron chi connectivity index (χ0n) is 20.2. The first-order valence-corrected chi connectivity index (χ1v) is 14.2. The van der Waals surface area contributed by atoms with Gasteiger partial charge in [0.15, 0.2) is 0 Å². The Labute approximate surface area is 191 Å². The van der Waals surface area contributed by atoms with Crippen LogP contribution in [0, 0.1) is 0 Å². The van der Waals surface area contributed by atoms with Crippen molar-refractivity contribution in [3.63, 3.8) is 0 Å². The van der Waals surface area contributed by atoms with Crippen LogP contribution in [0.25, 0.3) is 0 Å². The van der Waals surface area contributed by atoms with Crippen LogP contribution in [0.1, 0.15) is 122 Å². The standard InChI is InChI=1S/C26H46O4S/c1-4-7-9-11-13-15-18-23-20-21-24(19-16-14-12-10-8-5-2)25(22-23)30-26(17-6-3)31(27,28)29/h20-22,26H,4-19H2,1-3H3,(H,27,28,29). The van der Waals surface area contributed by atoms with Crippen molar-refractivity contribution >= 4 is 10.1 Å². The van der Waals surface area contributed by atoms with E-state index in [1.807, 2.05) is 13.0 Å². The number of ether oxygens (including phenoxy) is 1. The van der Waals surface area contributed by atoms with Crippen molar-refractivity contribution in [1.82, 2.24) is 0 Å². The van der Waals surface area contributed by atoms with E-state index in [0.717, 1.165) is 31.2 Å². The Morgan fingerprint density at radius 3 is 1.87 bits per heavy atom. The topological polar surface area (TPSA) is 63.6 Å². The van der Waals surface area contributed by atoms with Crippen molar-refractivity contribution < 1.29 is 17.7 Å². The summed E-state index contributed by atoms with van der Waals surface area (Å²) >= 11 is 0. The molecule has 0 heterocycles. The van der Waals surface area contributed by atoms with Gasteiger partial charge in [-0.25, -0.2) is 0 Å². The number of rotatable bonds is 19. The Bertz CT molecular complexity index is 685. The van der Waals surface area contributed by atoms with E-state index < -0.39 is 15.6 Å². The summed E-state index contributed by atoms with van der Waals surface area (Å²) in [4.78, 5) is 0. The van der Waals surface area contributed by atoms with Crippen LogP contribution in [0.5, 0.6) is 5.75 Å². The molecule has 1 unspecified atom stereocenters. The maximum Gasteiger partial charge on any atom is 0.303 e. The highest BCUT2D eigenvalue weighted by molar-refractivity contribution is 7.86. The van der Waals surface area contributed by atoms with E-state index in [-0.39, 0.29) is 6.42 Å². The second kappa shape index (κ2) is 16.5. The normalized spacial score (nSPS) is 12.8. The summed E-state index contributed by atoms with van der Waals surface area (Å²) in [5, 5.41) is 0. The molecule has 0 aliphatic rings. The van der Waals surface area contributed by atoms with Crippen LogP contribution in [0.3, 0.4) is 0 Å². The van der Waals surface area contributed by atoms with Gasteiger partial charge in [-0.15, -0.1) is 0 Å². The summed E-state index contributed by atoms with van der Waals surface area (Å²) in [6.07, 6.45) is 17.6. The Kier molecular flexibility index (Phi) is 14.9. The van der Waals surface area contributed by atoms with Crippen LogP contribution >= 0.6 is 0 Å². The summed E-state index contributed by atoms with van der Waals surface area (Å²) in [7, 11) is -4.24. The third-order valence-corrected chi connectivity index (χ3v) is 6.86. The molecule has 0 aliphatic carbocycles. The second-order valence-electron chi connectivity index (χ2n) is 8.83. The molecule has 1 rings (SSSR count). The van der Waals surface area contributed by atoms with E-state index in [1.165, 1.54) is 69.8 Å². The maximum atomic E-state index is 11.8. The van der Waals surface area contributed by atoms with Gasteiger partial charge in [-0.3, -0.25) is 4.55 Å². The lowest BCUT2D eigenvalue weighted by molar-refractivity contribution is 0.243. The number of aryl methyl sites for hydroxylation is 2. The third kappa shape index (κ3) is 12.5. The Hall–Kier alpha value is -1.07. The molecule has 0 amide bonds. The molecule has 0 aliphatic heterocycles. The fourth-order valence-corrected chi connectivity index (χ4v) is 4.68. The van der Waals surface area contributed by atoms with Gasteiger partial charge in [0.25, 0.3) is 0 Å². The minimum Gasteiger partial charge on any atom is -0.472 e. The molecule has 4 nitrogen and oxygen atoms in total. The summed E-state index contributed by atoms with van der Waals surface area (Å²) in [6.45, 7) is 6.35. The van der Waals surface area contributed by atoms with Gasteiger partial charge < -0.3 is 4.74 Å². The highest BCUT2D eigenvalue weighted by atomic mass is 32.2.